The molecule has 4 fully saturated rings. The van der Waals surface area contributed by atoms with Crippen molar-refractivity contribution in [2.45, 2.75) is 70.7 Å². The van der Waals surface area contributed by atoms with Crippen LogP contribution in [0.5, 0.6) is 0 Å². The first-order chi connectivity index (χ1) is 21.8. The lowest BCUT2D eigenvalue weighted by Crippen LogP contribution is -2.57. The van der Waals surface area contributed by atoms with E-state index in [9.17, 15) is 9.59 Å². The molecule has 4 aliphatic heterocycles. The summed E-state index contributed by atoms with van der Waals surface area (Å²) >= 11 is 0. The van der Waals surface area contributed by atoms with Crippen LogP contribution in [0.15, 0.2) is 36.8 Å². The van der Waals surface area contributed by atoms with Gasteiger partial charge in [0.05, 0.1) is 11.7 Å². The molecule has 3 atom stereocenters. The van der Waals surface area contributed by atoms with Gasteiger partial charge in [-0.1, -0.05) is 6.07 Å². The van der Waals surface area contributed by atoms with Gasteiger partial charge in [-0.2, -0.15) is 5.10 Å². The van der Waals surface area contributed by atoms with E-state index in [2.05, 4.69) is 48.7 Å². The zero-order valence-electron chi connectivity index (χ0n) is 25.8. The number of carbonyl (C=O) groups excluding carboxylic acids is 1. The molecule has 1 aromatic carbocycles. The Balaban J connectivity index is 1.22. The van der Waals surface area contributed by atoms with Crippen molar-refractivity contribution in [2.24, 2.45) is 5.92 Å². The Kier molecular flexibility index (Phi) is 8.01. The normalized spacial score (nSPS) is 23.6. The molecule has 4 aromatic rings. The molecule has 2 unspecified atom stereocenters. The number of aromatic amines is 1. The number of carbonyl (C=O) groups is 2. The number of hydrogen-bond acceptors (Lipinski definition) is 7. The lowest BCUT2D eigenvalue weighted by molar-refractivity contribution is -0.0365. The van der Waals surface area contributed by atoms with Gasteiger partial charge < -0.3 is 30.4 Å². The number of piperidine rings is 3. The number of hydrogen-bond donors (Lipinski definition) is 4. The average Bonchev–Trinajstić information content (AvgIpc) is 3.68. The van der Waals surface area contributed by atoms with Gasteiger partial charge in [0.1, 0.15) is 11.4 Å². The second-order valence-corrected chi connectivity index (χ2v) is 12.7. The van der Waals surface area contributed by atoms with Crippen LogP contribution in [0.1, 0.15) is 66.9 Å². The van der Waals surface area contributed by atoms with Crippen molar-refractivity contribution in [2.75, 3.05) is 26.2 Å². The van der Waals surface area contributed by atoms with Gasteiger partial charge >= 0.3 is 6.09 Å². The standard InChI is InChI=1S/C33H40N8O4/c1-19(36-33(43)44)13-23-15-34-16-25(20(23)2)22-6-7-28-24(14-22)30(39-41(28)29-5-3-4-12-45-29)31-35-17-26(37-31)32(42)38-27-18-40-10-8-21(27)9-11-40/h6-7,14-17,19,21,27,29,36H,3-5,8-13,18H2,1-2H3,(H,35,37)(H,38,42)(H,43,44)/t19?,27-,29?/m1/s1. The maximum atomic E-state index is 13.3. The summed E-state index contributed by atoms with van der Waals surface area (Å²) in [7, 11) is 0. The number of imidazole rings is 1. The van der Waals surface area contributed by atoms with Crippen LogP contribution >= 0.6 is 0 Å². The minimum Gasteiger partial charge on any atom is -0.465 e. The maximum Gasteiger partial charge on any atom is 0.404 e. The van der Waals surface area contributed by atoms with Crippen molar-refractivity contribution in [3.8, 4) is 22.6 Å². The first kappa shape index (κ1) is 29.4. The van der Waals surface area contributed by atoms with Crippen LogP contribution in [-0.2, 0) is 11.2 Å². The summed E-state index contributed by atoms with van der Waals surface area (Å²) in [6.07, 6.45) is 9.78. The summed E-state index contributed by atoms with van der Waals surface area (Å²) in [6.45, 7) is 7.72. The number of nitrogens with zero attached hydrogens (tertiary/aromatic N) is 5. The van der Waals surface area contributed by atoms with Gasteiger partial charge in [0.25, 0.3) is 5.91 Å². The van der Waals surface area contributed by atoms with Crippen molar-refractivity contribution in [3.05, 3.63) is 53.6 Å². The number of aromatic nitrogens is 5. The predicted molar refractivity (Wildman–Crippen MR) is 169 cm³/mol. The Bertz CT molecular complexity index is 1720. The summed E-state index contributed by atoms with van der Waals surface area (Å²) < 4.78 is 8.08. The van der Waals surface area contributed by atoms with Crippen LogP contribution in [0.3, 0.4) is 0 Å². The van der Waals surface area contributed by atoms with Crippen molar-refractivity contribution in [1.82, 2.24) is 40.3 Å². The van der Waals surface area contributed by atoms with E-state index in [1.54, 1.807) is 12.4 Å². The Labute approximate surface area is 261 Å². The fourth-order valence-corrected chi connectivity index (χ4v) is 7.21. The number of fused-ring (bicyclic) bond motifs is 4. The highest BCUT2D eigenvalue weighted by Gasteiger charge is 2.35. The van der Waals surface area contributed by atoms with Crippen molar-refractivity contribution in [3.63, 3.8) is 0 Å². The number of ether oxygens (including phenoxy) is 1. The minimum absolute atomic E-state index is 0.141. The fourth-order valence-electron chi connectivity index (χ4n) is 7.21. The van der Waals surface area contributed by atoms with E-state index in [4.69, 9.17) is 14.9 Å². The molecule has 8 rings (SSSR count). The Morgan fingerprint density at radius 2 is 2.00 bits per heavy atom. The summed E-state index contributed by atoms with van der Waals surface area (Å²) in [5, 5.41) is 20.8. The lowest BCUT2D eigenvalue weighted by atomic mass is 9.84. The van der Waals surface area contributed by atoms with Gasteiger partial charge in [-0.25, -0.2) is 14.5 Å². The molecule has 12 heteroatoms. The van der Waals surface area contributed by atoms with E-state index in [-0.39, 0.29) is 24.2 Å². The van der Waals surface area contributed by atoms with Crippen LogP contribution in [0, 0.1) is 12.8 Å². The third-order valence-corrected chi connectivity index (χ3v) is 9.68. The summed E-state index contributed by atoms with van der Waals surface area (Å²) in [5.74, 6) is 0.920. The number of carboxylic acid groups (broad SMARTS) is 1. The van der Waals surface area contributed by atoms with Crippen molar-refractivity contribution >= 4 is 22.9 Å². The second kappa shape index (κ2) is 12.2. The third-order valence-electron chi connectivity index (χ3n) is 9.68. The second-order valence-electron chi connectivity index (χ2n) is 12.7. The summed E-state index contributed by atoms with van der Waals surface area (Å²) in [6, 6.07) is 6.13. The fraction of sp³-hybridized carbons (Fsp3) is 0.485. The van der Waals surface area contributed by atoms with Gasteiger partial charge in [-0.3, -0.25) is 9.78 Å². The molecule has 3 aromatic heterocycles. The molecule has 236 valence electrons. The van der Waals surface area contributed by atoms with Gasteiger partial charge in [0.15, 0.2) is 12.1 Å². The molecule has 4 N–H and O–H groups in total. The van der Waals surface area contributed by atoms with E-state index in [1.165, 1.54) is 0 Å². The van der Waals surface area contributed by atoms with E-state index in [0.29, 0.717) is 36.2 Å². The molecule has 4 aliphatic rings. The molecule has 7 heterocycles. The molecule has 0 aliphatic carbocycles. The average molecular weight is 613 g/mol. The van der Waals surface area contributed by atoms with Crippen LogP contribution < -0.4 is 10.6 Å². The predicted octanol–water partition coefficient (Wildman–Crippen LogP) is 4.52. The highest BCUT2D eigenvalue weighted by Crippen LogP contribution is 2.36. The van der Waals surface area contributed by atoms with Crippen molar-refractivity contribution in [1.29, 1.82) is 0 Å². The number of amides is 2. The molecule has 45 heavy (non-hydrogen) atoms. The Morgan fingerprint density at radius 1 is 1.16 bits per heavy atom. The monoisotopic (exact) mass is 612 g/mol. The first-order valence-corrected chi connectivity index (χ1v) is 16.0. The number of rotatable bonds is 8. The molecule has 2 amide bonds. The zero-order valence-corrected chi connectivity index (χ0v) is 25.8. The summed E-state index contributed by atoms with van der Waals surface area (Å²) in [5.41, 5.74) is 5.95. The van der Waals surface area contributed by atoms with Gasteiger partial charge in [-0.15, -0.1) is 0 Å². The Morgan fingerprint density at radius 3 is 2.73 bits per heavy atom. The van der Waals surface area contributed by atoms with Crippen LogP contribution in [-0.4, -0.2) is 85.1 Å². The molecule has 0 saturated carbocycles. The molecular weight excluding hydrogens is 572 g/mol. The first-order valence-electron chi connectivity index (χ1n) is 16.0. The van der Waals surface area contributed by atoms with Crippen LogP contribution in [0.4, 0.5) is 4.79 Å². The lowest BCUT2D eigenvalue weighted by Gasteiger charge is -2.44. The third kappa shape index (κ3) is 5.91. The van der Waals surface area contributed by atoms with Gasteiger partial charge in [0.2, 0.25) is 0 Å². The molecule has 2 bridgehead atoms. The van der Waals surface area contributed by atoms with E-state index in [1.807, 2.05) is 24.7 Å². The van der Waals surface area contributed by atoms with Gasteiger partial charge in [0, 0.05) is 48.6 Å². The summed E-state index contributed by atoms with van der Waals surface area (Å²) in [4.78, 5) is 39.3. The van der Waals surface area contributed by atoms with Crippen LogP contribution in [0.2, 0.25) is 0 Å². The highest BCUT2D eigenvalue weighted by atomic mass is 16.5. The quantitative estimate of drug-likeness (QED) is 0.227. The van der Waals surface area contributed by atoms with Gasteiger partial charge in [-0.05, 0) is 100 Å². The minimum atomic E-state index is -1.04. The molecule has 4 saturated heterocycles. The largest absolute Gasteiger partial charge is 0.465 e. The van der Waals surface area contributed by atoms with E-state index >= 15 is 0 Å². The van der Waals surface area contributed by atoms with Crippen molar-refractivity contribution < 1.29 is 19.4 Å². The molecule has 0 radical (unpaired) electrons. The smallest absolute Gasteiger partial charge is 0.404 e. The zero-order chi connectivity index (χ0) is 31.1. The number of pyridine rings is 1. The highest BCUT2D eigenvalue weighted by molar-refractivity contribution is 5.97. The Hall–Kier alpha value is -4.29. The number of H-pyrrole nitrogens is 1. The topological polar surface area (TPSA) is 150 Å². The maximum absolute atomic E-state index is 13.3. The number of benzene rings is 1. The van der Waals surface area contributed by atoms with E-state index in [0.717, 1.165) is 84.9 Å². The van der Waals surface area contributed by atoms with Crippen LogP contribution in [0.25, 0.3) is 33.5 Å². The molecule has 0 spiro atoms. The van der Waals surface area contributed by atoms with E-state index < -0.39 is 6.09 Å². The molecule has 12 nitrogen and oxygen atoms in total. The molecular formula is C33H40N8O4. The number of nitrogens with one attached hydrogen (secondary N) is 3. The SMILES string of the molecule is Cc1c(CC(C)NC(=O)O)cncc1-c1ccc2c(c1)c(-c1ncc(C(=O)N[C@@H]3CN4CCC3CC4)[nH]1)nn2C1CCCCO1.